The predicted octanol–water partition coefficient (Wildman–Crippen LogP) is 3.93. The highest BCUT2D eigenvalue weighted by molar-refractivity contribution is 7.17. The standard InChI is InChI=1S/C16H22N2OS/c1-2-3-6-10-17-16(19)18-11-9-13-12-20-15-8-5-4-7-14(13)15/h4-5,7-8,12H,2-3,6,9-11H2,1H3,(H2,17,18,19). The van der Waals surface area contributed by atoms with E-state index in [2.05, 4.69) is 47.2 Å². The van der Waals surface area contributed by atoms with Crippen LogP contribution in [0.1, 0.15) is 31.7 Å². The minimum absolute atomic E-state index is 0.0550. The van der Waals surface area contributed by atoms with Crippen molar-refractivity contribution in [3.8, 4) is 0 Å². The lowest BCUT2D eigenvalue weighted by Gasteiger charge is -2.07. The van der Waals surface area contributed by atoms with Crippen molar-refractivity contribution >= 4 is 27.5 Å². The van der Waals surface area contributed by atoms with Crippen LogP contribution < -0.4 is 10.6 Å². The lowest BCUT2D eigenvalue weighted by molar-refractivity contribution is 0.241. The molecular weight excluding hydrogens is 268 g/mol. The largest absolute Gasteiger partial charge is 0.338 e. The van der Waals surface area contributed by atoms with E-state index in [9.17, 15) is 4.79 Å². The maximum Gasteiger partial charge on any atom is 0.314 e. The van der Waals surface area contributed by atoms with Gasteiger partial charge in [0.2, 0.25) is 0 Å². The molecule has 3 nitrogen and oxygen atoms in total. The molecule has 0 bridgehead atoms. The Bertz CT molecular complexity index is 550. The number of rotatable bonds is 7. The molecule has 0 atom stereocenters. The fraction of sp³-hybridized carbons (Fsp3) is 0.438. The van der Waals surface area contributed by atoms with E-state index in [0.717, 1.165) is 19.4 Å². The third kappa shape index (κ3) is 4.23. The first-order valence-electron chi connectivity index (χ1n) is 7.28. The summed E-state index contributed by atoms with van der Waals surface area (Å²) in [5.74, 6) is 0. The minimum atomic E-state index is -0.0550. The van der Waals surface area contributed by atoms with Crippen molar-refractivity contribution < 1.29 is 4.79 Å². The van der Waals surface area contributed by atoms with E-state index in [1.54, 1.807) is 11.3 Å². The molecule has 2 amide bonds. The van der Waals surface area contributed by atoms with Crippen LogP contribution in [0.25, 0.3) is 10.1 Å². The molecule has 20 heavy (non-hydrogen) atoms. The van der Waals surface area contributed by atoms with Gasteiger partial charge in [0.15, 0.2) is 0 Å². The SMILES string of the molecule is CCCCCNC(=O)NCCc1csc2ccccc12. The van der Waals surface area contributed by atoms with E-state index in [-0.39, 0.29) is 6.03 Å². The molecule has 1 aromatic heterocycles. The molecule has 0 saturated carbocycles. The van der Waals surface area contributed by atoms with Gasteiger partial charge >= 0.3 is 6.03 Å². The maximum atomic E-state index is 11.6. The molecular formula is C16H22N2OS. The van der Waals surface area contributed by atoms with Gasteiger partial charge in [-0.3, -0.25) is 0 Å². The van der Waals surface area contributed by atoms with Crippen molar-refractivity contribution in [2.45, 2.75) is 32.6 Å². The lowest BCUT2D eigenvalue weighted by atomic mass is 10.1. The highest BCUT2D eigenvalue weighted by atomic mass is 32.1. The molecule has 0 saturated heterocycles. The summed E-state index contributed by atoms with van der Waals surface area (Å²) in [4.78, 5) is 11.6. The second-order valence-corrected chi connectivity index (χ2v) is 5.81. The number of thiophene rings is 1. The van der Waals surface area contributed by atoms with Crippen LogP contribution in [0.5, 0.6) is 0 Å². The molecule has 1 aromatic carbocycles. The summed E-state index contributed by atoms with van der Waals surface area (Å²) in [6, 6.07) is 8.35. The first-order valence-corrected chi connectivity index (χ1v) is 8.16. The number of fused-ring (bicyclic) bond motifs is 1. The minimum Gasteiger partial charge on any atom is -0.338 e. The van der Waals surface area contributed by atoms with Gasteiger partial charge in [-0.15, -0.1) is 11.3 Å². The predicted molar refractivity (Wildman–Crippen MR) is 86.5 cm³/mol. The molecule has 0 spiro atoms. The van der Waals surface area contributed by atoms with Crippen LogP contribution >= 0.6 is 11.3 Å². The Morgan fingerprint density at radius 1 is 1.15 bits per heavy atom. The number of hydrogen-bond acceptors (Lipinski definition) is 2. The van der Waals surface area contributed by atoms with Gasteiger partial charge in [-0.1, -0.05) is 38.0 Å². The zero-order chi connectivity index (χ0) is 14.2. The summed E-state index contributed by atoms with van der Waals surface area (Å²) < 4.78 is 1.31. The van der Waals surface area contributed by atoms with E-state index < -0.39 is 0 Å². The van der Waals surface area contributed by atoms with Crippen molar-refractivity contribution in [3.05, 3.63) is 35.2 Å². The van der Waals surface area contributed by atoms with E-state index in [4.69, 9.17) is 0 Å². The average Bonchev–Trinajstić information content (AvgIpc) is 2.87. The number of benzene rings is 1. The Balaban J connectivity index is 1.71. The summed E-state index contributed by atoms with van der Waals surface area (Å²) in [6.07, 6.45) is 4.28. The maximum absolute atomic E-state index is 11.6. The summed E-state index contributed by atoms with van der Waals surface area (Å²) in [6.45, 7) is 3.60. The topological polar surface area (TPSA) is 41.1 Å². The van der Waals surface area contributed by atoms with Crippen LogP contribution in [-0.4, -0.2) is 19.1 Å². The highest BCUT2D eigenvalue weighted by Crippen LogP contribution is 2.25. The summed E-state index contributed by atoms with van der Waals surface area (Å²) >= 11 is 1.76. The summed E-state index contributed by atoms with van der Waals surface area (Å²) in [7, 11) is 0. The van der Waals surface area contributed by atoms with Gasteiger partial charge in [0.05, 0.1) is 0 Å². The van der Waals surface area contributed by atoms with Gasteiger partial charge in [-0.2, -0.15) is 0 Å². The molecule has 0 aliphatic carbocycles. The fourth-order valence-electron chi connectivity index (χ4n) is 2.18. The third-order valence-corrected chi connectivity index (χ3v) is 4.32. The zero-order valence-corrected chi connectivity index (χ0v) is 12.8. The van der Waals surface area contributed by atoms with E-state index in [0.29, 0.717) is 6.54 Å². The monoisotopic (exact) mass is 290 g/mol. The molecule has 0 fully saturated rings. The van der Waals surface area contributed by atoms with Gasteiger partial charge in [0.25, 0.3) is 0 Å². The quantitative estimate of drug-likeness (QED) is 0.745. The average molecular weight is 290 g/mol. The van der Waals surface area contributed by atoms with E-state index in [1.807, 2.05) is 0 Å². The van der Waals surface area contributed by atoms with Crippen molar-refractivity contribution in [1.29, 1.82) is 0 Å². The number of carbonyl (C=O) groups excluding carboxylic acids is 1. The van der Waals surface area contributed by atoms with Crippen LogP contribution in [0.3, 0.4) is 0 Å². The van der Waals surface area contributed by atoms with Crippen LogP contribution in [0.15, 0.2) is 29.6 Å². The van der Waals surface area contributed by atoms with Gasteiger partial charge < -0.3 is 10.6 Å². The number of hydrogen-bond donors (Lipinski definition) is 2. The Morgan fingerprint density at radius 2 is 1.95 bits per heavy atom. The summed E-state index contributed by atoms with van der Waals surface area (Å²) in [5.41, 5.74) is 1.32. The first kappa shape index (κ1) is 14.9. The van der Waals surface area contributed by atoms with Gasteiger partial charge in [-0.25, -0.2) is 4.79 Å². The van der Waals surface area contributed by atoms with E-state index in [1.165, 1.54) is 28.5 Å². The van der Waals surface area contributed by atoms with Gasteiger partial charge in [0.1, 0.15) is 0 Å². The molecule has 0 radical (unpaired) electrons. The molecule has 0 unspecified atom stereocenters. The Hall–Kier alpha value is -1.55. The van der Waals surface area contributed by atoms with Crippen molar-refractivity contribution in [2.75, 3.05) is 13.1 Å². The van der Waals surface area contributed by atoms with Gasteiger partial charge in [-0.05, 0) is 35.2 Å². The van der Waals surface area contributed by atoms with Crippen LogP contribution in [-0.2, 0) is 6.42 Å². The molecule has 1 heterocycles. The highest BCUT2D eigenvalue weighted by Gasteiger charge is 2.04. The van der Waals surface area contributed by atoms with Crippen LogP contribution in [0, 0.1) is 0 Å². The molecule has 2 rings (SSSR count). The second kappa shape index (κ2) is 7.90. The second-order valence-electron chi connectivity index (χ2n) is 4.90. The van der Waals surface area contributed by atoms with E-state index >= 15 is 0 Å². The van der Waals surface area contributed by atoms with Crippen LogP contribution in [0.2, 0.25) is 0 Å². The zero-order valence-electron chi connectivity index (χ0n) is 11.9. The number of carbonyl (C=O) groups is 1. The molecule has 0 aliphatic rings. The molecule has 0 aliphatic heterocycles. The molecule has 4 heteroatoms. The number of amides is 2. The fourth-order valence-corrected chi connectivity index (χ4v) is 3.17. The number of urea groups is 1. The molecule has 108 valence electrons. The number of unbranched alkanes of at least 4 members (excludes halogenated alkanes) is 2. The normalized spacial score (nSPS) is 10.7. The van der Waals surface area contributed by atoms with Crippen molar-refractivity contribution in [1.82, 2.24) is 10.6 Å². The lowest BCUT2D eigenvalue weighted by Crippen LogP contribution is -2.37. The smallest absolute Gasteiger partial charge is 0.314 e. The molecule has 2 N–H and O–H groups in total. The van der Waals surface area contributed by atoms with Crippen molar-refractivity contribution in [2.24, 2.45) is 0 Å². The van der Waals surface area contributed by atoms with Gasteiger partial charge in [0, 0.05) is 17.8 Å². The Labute approximate surface area is 124 Å². The summed E-state index contributed by atoms with van der Waals surface area (Å²) in [5, 5.41) is 9.30. The Kier molecular flexibility index (Phi) is 5.87. The molecule has 2 aromatic rings. The third-order valence-electron chi connectivity index (χ3n) is 3.31. The first-order chi connectivity index (χ1) is 9.81. The van der Waals surface area contributed by atoms with Crippen molar-refractivity contribution in [3.63, 3.8) is 0 Å². The Morgan fingerprint density at radius 3 is 2.80 bits per heavy atom. The van der Waals surface area contributed by atoms with Crippen LogP contribution in [0.4, 0.5) is 4.79 Å². The number of nitrogens with one attached hydrogen (secondary N) is 2.